The monoisotopic (exact) mass is 746 g/mol. The van der Waals surface area contributed by atoms with Gasteiger partial charge in [-0.3, -0.25) is 0 Å². The number of thiophene rings is 1. The number of fused-ring (bicyclic) bond motifs is 10. The van der Waals surface area contributed by atoms with E-state index in [1.165, 1.54) is 31.3 Å². The molecule has 12 rings (SSSR count). The van der Waals surface area contributed by atoms with E-state index in [0.29, 0.717) is 17.5 Å². The fraction of sp³-hybridized carbons (Fsp3) is 0. The van der Waals surface area contributed by atoms with Crippen LogP contribution in [0.1, 0.15) is 0 Å². The van der Waals surface area contributed by atoms with Crippen LogP contribution in [0.3, 0.4) is 0 Å². The Morgan fingerprint density at radius 3 is 1.72 bits per heavy atom. The van der Waals surface area contributed by atoms with Gasteiger partial charge in [-0.1, -0.05) is 127 Å². The highest BCUT2D eigenvalue weighted by Crippen LogP contribution is 2.42. The summed E-state index contributed by atoms with van der Waals surface area (Å²) in [7, 11) is 0. The standard InChI is InChI=1S/C51H30N4OS/c1-3-11-31(12-4-1)32-19-23-36(24-20-32)55-42-17-9-7-16-41(42)47-43(55)28-27-40-37-25-21-34(29-44(37)56-48(40)47)50-52-49(33-13-5-2-6-14-33)53-51(54-50)35-22-26-39-38-15-8-10-18-45(38)57-46(39)30-35/h1-30H. The molecule has 8 aromatic carbocycles. The predicted molar refractivity (Wildman–Crippen MR) is 236 cm³/mol. The highest BCUT2D eigenvalue weighted by molar-refractivity contribution is 7.25. The quantitative estimate of drug-likeness (QED) is 0.176. The third-order valence-corrected chi connectivity index (χ3v) is 12.2. The number of hydrogen-bond donors (Lipinski definition) is 0. The summed E-state index contributed by atoms with van der Waals surface area (Å²) in [6.07, 6.45) is 0. The Hall–Kier alpha value is -7.41. The van der Waals surface area contributed by atoms with Crippen molar-refractivity contribution in [3.05, 3.63) is 182 Å². The van der Waals surface area contributed by atoms with Gasteiger partial charge in [0.1, 0.15) is 11.2 Å². The summed E-state index contributed by atoms with van der Waals surface area (Å²) in [6.45, 7) is 0. The van der Waals surface area contributed by atoms with Crippen molar-refractivity contribution in [2.24, 2.45) is 0 Å². The van der Waals surface area contributed by atoms with Crippen LogP contribution in [0.5, 0.6) is 0 Å². The molecule has 57 heavy (non-hydrogen) atoms. The molecule has 0 aliphatic carbocycles. The fourth-order valence-electron chi connectivity index (χ4n) is 8.35. The molecule has 12 aromatic rings. The molecule has 0 aliphatic heterocycles. The molecule has 0 amide bonds. The second-order valence-electron chi connectivity index (χ2n) is 14.4. The minimum absolute atomic E-state index is 0.596. The second kappa shape index (κ2) is 12.6. The van der Waals surface area contributed by atoms with Crippen LogP contribution < -0.4 is 0 Å². The summed E-state index contributed by atoms with van der Waals surface area (Å²) in [4.78, 5) is 15.2. The van der Waals surface area contributed by atoms with Crippen LogP contribution in [-0.2, 0) is 0 Å². The van der Waals surface area contributed by atoms with Gasteiger partial charge in [0, 0.05) is 58.7 Å². The van der Waals surface area contributed by atoms with Crippen molar-refractivity contribution < 1.29 is 4.42 Å². The third-order valence-electron chi connectivity index (χ3n) is 11.1. The molecule has 266 valence electrons. The normalized spacial score (nSPS) is 11.9. The van der Waals surface area contributed by atoms with Crippen molar-refractivity contribution in [1.29, 1.82) is 0 Å². The first-order valence-corrected chi connectivity index (χ1v) is 19.8. The summed E-state index contributed by atoms with van der Waals surface area (Å²) in [5.41, 5.74) is 10.1. The lowest BCUT2D eigenvalue weighted by Gasteiger charge is -2.09. The number of benzene rings is 8. The minimum atomic E-state index is 0.596. The Morgan fingerprint density at radius 2 is 0.947 bits per heavy atom. The maximum Gasteiger partial charge on any atom is 0.164 e. The molecule has 0 saturated heterocycles. The van der Waals surface area contributed by atoms with E-state index < -0.39 is 0 Å². The maximum absolute atomic E-state index is 6.89. The van der Waals surface area contributed by atoms with Gasteiger partial charge in [0.05, 0.1) is 16.4 Å². The number of furan rings is 1. The van der Waals surface area contributed by atoms with Crippen molar-refractivity contribution in [3.8, 4) is 51.0 Å². The topological polar surface area (TPSA) is 56.7 Å². The molecule has 0 atom stereocenters. The molecule has 0 N–H and O–H groups in total. The van der Waals surface area contributed by atoms with Crippen LogP contribution in [0.25, 0.3) is 115 Å². The molecule has 0 aliphatic rings. The fourth-order valence-corrected chi connectivity index (χ4v) is 9.50. The first-order valence-electron chi connectivity index (χ1n) is 19.0. The van der Waals surface area contributed by atoms with E-state index in [0.717, 1.165) is 66.1 Å². The van der Waals surface area contributed by atoms with E-state index in [-0.39, 0.29) is 0 Å². The molecule has 5 nitrogen and oxygen atoms in total. The lowest BCUT2D eigenvalue weighted by molar-refractivity contribution is 0.673. The Morgan fingerprint density at radius 1 is 0.386 bits per heavy atom. The number of para-hydroxylation sites is 1. The Labute approximate surface area is 330 Å². The second-order valence-corrected chi connectivity index (χ2v) is 15.5. The van der Waals surface area contributed by atoms with Gasteiger partial charge in [-0.05, 0) is 65.7 Å². The predicted octanol–water partition coefficient (Wildman–Crippen LogP) is 13.9. The molecule has 0 spiro atoms. The zero-order valence-electron chi connectivity index (χ0n) is 30.4. The highest BCUT2D eigenvalue weighted by Gasteiger charge is 2.20. The molecule has 0 saturated carbocycles. The molecule has 0 unspecified atom stereocenters. The first-order chi connectivity index (χ1) is 28.2. The van der Waals surface area contributed by atoms with Crippen molar-refractivity contribution in [3.63, 3.8) is 0 Å². The van der Waals surface area contributed by atoms with Gasteiger partial charge in [0.15, 0.2) is 17.5 Å². The molecular weight excluding hydrogens is 717 g/mol. The number of nitrogens with zero attached hydrogens (tertiary/aromatic N) is 4. The van der Waals surface area contributed by atoms with Crippen molar-refractivity contribution in [2.45, 2.75) is 0 Å². The van der Waals surface area contributed by atoms with Gasteiger partial charge in [0.2, 0.25) is 0 Å². The van der Waals surface area contributed by atoms with Crippen LogP contribution in [0.15, 0.2) is 186 Å². The van der Waals surface area contributed by atoms with Crippen molar-refractivity contribution >= 4 is 75.3 Å². The van der Waals surface area contributed by atoms with Crippen LogP contribution >= 0.6 is 11.3 Å². The molecule has 0 fully saturated rings. The minimum Gasteiger partial charge on any atom is -0.455 e. The van der Waals surface area contributed by atoms with Gasteiger partial charge in [-0.25, -0.2) is 15.0 Å². The molecule has 4 aromatic heterocycles. The van der Waals surface area contributed by atoms with E-state index in [1.807, 2.05) is 30.3 Å². The Bertz CT molecular complexity index is 3510. The lowest BCUT2D eigenvalue weighted by Crippen LogP contribution is -2.00. The van der Waals surface area contributed by atoms with E-state index in [4.69, 9.17) is 19.4 Å². The van der Waals surface area contributed by atoms with E-state index in [2.05, 4.69) is 156 Å². The SMILES string of the molecule is c1ccc(-c2ccc(-n3c4ccccc4c4c5oc6cc(-c7nc(-c8ccccc8)nc(-c8ccc9c(c8)sc8ccccc89)n7)ccc6c5ccc43)cc2)cc1. The molecule has 0 radical (unpaired) electrons. The molecule has 0 bridgehead atoms. The van der Waals surface area contributed by atoms with Crippen LogP contribution in [0.2, 0.25) is 0 Å². The average molecular weight is 747 g/mol. The van der Waals surface area contributed by atoms with E-state index in [1.54, 1.807) is 11.3 Å². The highest BCUT2D eigenvalue weighted by atomic mass is 32.1. The maximum atomic E-state index is 6.89. The number of rotatable bonds is 5. The number of aromatic nitrogens is 4. The summed E-state index contributed by atoms with van der Waals surface area (Å²) < 4.78 is 11.7. The third kappa shape index (κ3) is 5.12. The van der Waals surface area contributed by atoms with Gasteiger partial charge in [-0.2, -0.15) is 0 Å². The van der Waals surface area contributed by atoms with Crippen LogP contribution in [-0.4, -0.2) is 19.5 Å². The van der Waals surface area contributed by atoms with E-state index >= 15 is 0 Å². The van der Waals surface area contributed by atoms with Crippen LogP contribution in [0.4, 0.5) is 0 Å². The van der Waals surface area contributed by atoms with Crippen molar-refractivity contribution in [2.75, 3.05) is 0 Å². The summed E-state index contributed by atoms with van der Waals surface area (Å²) in [5.74, 6) is 1.86. The van der Waals surface area contributed by atoms with Crippen molar-refractivity contribution in [1.82, 2.24) is 19.5 Å². The first kappa shape index (κ1) is 31.9. The van der Waals surface area contributed by atoms with E-state index in [9.17, 15) is 0 Å². The van der Waals surface area contributed by atoms with Gasteiger partial charge < -0.3 is 8.98 Å². The number of hydrogen-bond acceptors (Lipinski definition) is 5. The summed E-state index contributed by atoms with van der Waals surface area (Å²) >= 11 is 1.79. The van der Waals surface area contributed by atoms with Crippen LogP contribution in [0, 0.1) is 0 Å². The Balaban J connectivity index is 1.01. The van der Waals surface area contributed by atoms with Gasteiger partial charge >= 0.3 is 0 Å². The molecular formula is C51H30N4OS. The Kier molecular flexibility index (Phi) is 7.03. The van der Waals surface area contributed by atoms with Gasteiger partial charge in [0.25, 0.3) is 0 Å². The summed E-state index contributed by atoms with van der Waals surface area (Å²) in [6, 6.07) is 63.8. The zero-order chi connectivity index (χ0) is 37.5. The van der Waals surface area contributed by atoms with Gasteiger partial charge in [-0.15, -0.1) is 11.3 Å². The molecule has 6 heteroatoms. The average Bonchev–Trinajstić information content (AvgIpc) is 3.96. The molecule has 4 heterocycles. The zero-order valence-corrected chi connectivity index (χ0v) is 31.2. The summed E-state index contributed by atoms with van der Waals surface area (Å²) in [5, 5.41) is 6.87. The largest absolute Gasteiger partial charge is 0.455 e. The smallest absolute Gasteiger partial charge is 0.164 e. The lowest BCUT2D eigenvalue weighted by atomic mass is 10.1.